The van der Waals surface area contributed by atoms with Gasteiger partial charge in [0, 0.05) is 5.39 Å². The second-order valence-electron chi connectivity index (χ2n) is 5.07. The lowest BCUT2D eigenvalue weighted by atomic mass is 10.2. The largest absolute Gasteiger partial charge is 0.450 e. The van der Waals surface area contributed by atoms with Gasteiger partial charge in [-0.2, -0.15) is 0 Å². The van der Waals surface area contributed by atoms with Crippen LogP contribution in [0.5, 0.6) is 0 Å². The third kappa shape index (κ3) is 2.88. The normalized spacial score (nSPS) is 11.0. The Labute approximate surface area is 149 Å². The van der Waals surface area contributed by atoms with Gasteiger partial charge < -0.3 is 14.2 Å². The summed E-state index contributed by atoms with van der Waals surface area (Å²) in [6.07, 6.45) is 1.55. The van der Waals surface area contributed by atoms with Gasteiger partial charge in [0.15, 0.2) is 5.76 Å². The van der Waals surface area contributed by atoms with Crippen LogP contribution in [0.1, 0.15) is 16.2 Å². The summed E-state index contributed by atoms with van der Waals surface area (Å²) in [6, 6.07) is 11.2. The van der Waals surface area contributed by atoms with Crippen molar-refractivity contribution < 1.29 is 13.6 Å². The van der Waals surface area contributed by atoms with Gasteiger partial charge in [-0.1, -0.05) is 18.2 Å². The Bertz CT molecular complexity index is 1000. The van der Waals surface area contributed by atoms with Gasteiger partial charge in [0.05, 0.1) is 21.6 Å². The predicted molar refractivity (Wildman–Crippen MR) is 94.9 cm³/mol. The summed E-state index contributed by atoms with van der Waals surface area (Å²) in [5.74, 6) is 0.527. The van der Waals surface area contributed by atoms with E-state index in [1.807, 2.05) is 35.7 Å². The highest BCUT2D eigenvalue weighted by atomic mass is 79.9. The van der Waals surface area contributed by atoms with Gasteiger partial charge >= 0.3 is 0 Å². The minimum atomic E-state index is -0.293. The molecule has 0 saturated carbocycles. The minimum absolute atomic E-state index is 0.263. The summed E-state index contributed by atoms with van der Waals surface area (Å²) < 4.78 is 11.9. The van der Waals surface area contributed by atoms with Gasteiger partial charge in [-0.25, -0.2) is 4.98 Å². The lowest BCUT2D eigenvalue weighted by Gasteiger charge is -1.99. The number of halogens is 1. The SMILES string of the molecule is O=C(NCc1coc(-c2cccs2)n1)c1cc2cccc(Br)c2o1. The zero-order valence-electron chi connectivity index (χ0n) is 12.3. The Morgan fingerprint density at radius 1 is 1.29 bits per heavy atom. The molecule has 7 heteroatoms. The van der Waals surface area contributed by atoms with Crippen LogP contribution in [-0.2, 0) is 6.54 Å². The molecule has 0 aliphatic carbocycles. The van der Waals surface area contributed by atoms with E-state index in [0.717, 1.165) is 14.7 Å². The quantitative estimate of drug-likeness (QED) is 0.530. The second-order valence-corrected chi connectivity index (χ2v) is 6.87. The van der Waals surface area contributed by atoms with Crippen molar-refractivity contribution in [1.29, 1.82) is 0 Å². The third-order valence-electron chi connectivity index (χ3n) is 3.43. The van der Waals surface area contributed by atoms with Crippen molar-refractivity contribution in [2.24, 2.45) is 0 Å². The van der Waals surface area contributed by atoms with Gasteiger partial charge in [0.25, 0.3) is 5.91 Å². The zero-order valence-corrected chi connectivity index (χ0v) is 14.7. The van der Waals surface area contributed by atoms with Gasteiger partial charge in [-0.05, 0) is 39.5 Å². The van der Waals surface area contributed by atoms with Crippen LogP contribution in [0.2, 0.25) is 0 Å². The summed E-state index contributed by atoms with van der Waals surface area (Å²) in [7, 11) is 0. The van der Waals surface area contributed by atoms with E-state index in [9.17, 15) is 4.79 Å². The molecule has 24 heavy (non-hydrogen) atoms. The minimum Gasteiger partial charge on any atom is -0.450 e. The Morgan fingerprint density at radius 2 is 2.21 bits per heavy atom. The molecule has 0 spiro atoms. The lowest BCUT2D eigenvalue weighted by Crippen LogP contribution is -2.22. The summed E-state index contributed by atoms with van der Waals surface area (Å²) in [5.41, 5.74) is 1.31. The molecule has 3 heterocycles. The standard InChI is InChI=1S/C17H11BrN2O3S/c18-12-4-1-3-10-7-13(23-15(10)12)16(21)19-8-11-9-22-17(20-11)14-5-2-6-24-14/h1-7,9H,8H2,(H,19,21). The first-order valence-electron chi connectivity index (χ1n) is 7.15. The van der Waals surface area contributed by atoms with Gasteiger partial charge in [0.2, 0.25) is 5.89 Å². The van der Waals surface area contributed by atoms with E-state index >= 15 is 0 Å². The van der Waals surface area contributed by atoms with Crippen LogP contribution in [0.3, 0.4) is 0 Å². The molecule has 1 amide bonds. The molecular formula is C17H11BrN2O3S. The fourth-order valence-corrected chi connectivity index (χ4v) is 3.42. The van der Waals surface area contributed by atoms with Crippen LogP contribution in [-0.4, -0.2) is 10.9 Å². The van der Waals surface area contributed by atoms with E-state index in [2.05, 4.69) is 26.2 Å². The molecule has 1 N–H and O–H groups in total. The molecule has 0 unspecified atom stereocenters. The number of hydrogen-bond acceptors (Lipinski definition) is 5. The topological polar surface area (TPSA) is 68.3 Å². The van der Waals surface area contributed by atoms with Crippen LogP contribution in [0.15, 0.2) is 61.3 Å². The fourth-order valence-electron chi connectivity index (χ4n) is 2.30. The number of aromatic nitrogens is 1. The number of thiophene rings is 1. The Morgan fingerprint density at radius 3 is 3.00 bits per heavy atom. The number of furan rings is 1. The molecule has 120 valence electrons. The number of carbonyl (C=O) groups excluding carboxylic acids is 1. The molecule has 0 aliphatic rings. The first-order valence-corrected chi connectivity index (χ1v) is 8.82. The summed E-state index contributed by atoms with van der Waals surface area (Å²) in [4.78, 5) is 17.6. The molecule has 4 rings (SSSR count). The predicted octanol–water partition coefficient (Wildman–Crippen LogP) is 4.84. The fraction of sp³-hybridized carbons (Fsp3) is 0.0588. The van der Waals surface area contributed by atoms with Crippen molar-refractivity contribution >= 4 is 44.1 Å². The van der Waals surface area contributed by atoms with E-state index in [0.29, 0.717) is 17.2 Å². The smallest absolute Gasteiger partial charge is 0.287 e. The molecule has 4 aromatic rings. The van der Waals surface area contributed by atoms with E-state index in [1.54, 1.807) is 23.7 Å². The Balaban J connectivity index is 1.47. The molecular weight excluding hydrogens is 392 g/mol. The average Bonchev–Trinajstić information content (AvgIpc) is 3.31. The zero-order chi connectivity index (χ0) is 16.5. The molecule has 0 atom stereocenters. The van der Waals surface area contributed by atoms with Crippen LogP contribution >= 0.6 is 27.3 Å². The molecule has 3 aromatic heterocycles. The number of benzene rings is 1. The van der Waals surface area contributed by atoms with Gasteiger partial charge in [0.1, 0.15) is 11.8 Å². The molecule has 0 aliphatic heterocycles. The van der Waals surface area contributed by atoms with E-state index in [-0.39, 0.29) is 18.2 Å². The monoisotopic (exact) mass is 402 g/mol. The Hall–Kier alpha value is -2.38. The number of para-hydroxylation sites is 1. The second kappa shape index (κ2) is 6.26. The highest BCUT2D eigenvalue weighted by molar-refractivity contribution is 9.10. The number of fused-ring (bicyclic) bond motifs is 1. The maximum Gasteiger partial charge on any atom is 0.287 e. The highest BCUT2D eigenvalue weighted by Gasteiger charge is 2.14. The summed E-state index contributed by atoms with van der Waals surface area (Å²) >= 11 is 4.96. The first-order chi connectivity index (χ1) is 11.7. The van der Waals surface area contributed by atoms with E-state index < -0.39 is 0 Å². The van der Waals surface area contributed by atoms with Crippen LogP contribution in [0, 0.1) is 0 Å². The van der Waals surface area contributed by atoms with Crippen molar-refractivity contribution in [3.05, 3.63) is 64.0 Å². The number of oxazole rings is 1. The van der Waals surface area contributed by atoms with Crippen molar-refractivity contribution in [3.63, 3.8) is 0 Å². The van der Waals surface area contributed by atoms with E-state index in [4.69, 9.17) is 8.83 Å². The Kier molecular flexibility index (Phi) is 3.95. The van der Waals surface area contributed by atoms with Crippen LogP contribution in [0.25, 0.3) is 21.7 Å². The number of rotatable bonds is 4. The van der Waals surface area contributed by atoms with Crippen LogP contribution in [0.4, 0.5) is 0 Å². The van der Waals surface area contributed by atoms with Gasteiger partial charge in [-0.15, -0.1) is 11.3 Å². The summed E-state index contributed by atoms with van der Waals surface area (Å²) in [5, 5.41) is 5.62. The van der Waals surface area contributed by atoms with Crippen molar-refractivity contribution in [2.45, 2.75) is 6.54 Å². The molecule has 1 aromatic carbocycles. The highest BCUT2D eigenvalue weighted by Crippen LogP contribution is 2.27. The molecule has 5 nitrogen and oxygen atoms in total. The summed E-state index contributed by atoms with van der Waals surface area (Å²) in [6.45, 7) is 0.270. The first kappa shape index (κ1) is 15.2. The third-order valence-corrected chi connectivity index (χ3v) is 4.92. The van der Waals surface area contributed by atoms with Gasteiger partial charge in [-0.3, -0.25) is 4.79 Å². The number of nitrogens with one attached hydrogen (secondary N) is 1. The van der Waals surface area contributed by atoms with Crippen molar-refractivity contribution in [2.75, 3.05) is 0 Å². The van der Waals surface area contributed by atoms with Crippen LogP contribution < -0.4 is 5.32 Å². The number of hydrogen-bond donors (Lipinski definition) is 1. The average molecular weight is 403 g/mol. The number of nitrogens with zero attached hydrogens (tertiary/aromatic N) is 1. The van der Waals surface area contributed by atoms with E-state index in [1.165, 1.54) is 0 Å². The maximum atomic E-state index is 12.3. The molecule has 0 saturated heterocycles. The lowest BCUT2D eigenvalue weighted by molar-refractivity contribution is 0.0925. The maximum absolute atomic E-state index is 12.3. The molecule has 0 bridgehead atoms. The molecule has 0 fully saturated rings. The van der Waals surface area contributed by atoms with Crippen molar-refractivity contribution in [3.8, 4) is 10.8 Å². The molecule has 0 radical (unpaired) electrons. The number of amides is 1. The number of carbonyl (C=O) groups is 1. The van der Waals surface area contributed by atoms with Crippen molar-refractivity contribution in [1.82, 2.24) is 10.3 Å².